The van der Waals surface area contributed by atoms with E-state index in [0.717, 1.165) is 42.4 Å². The third-order valence-corrected chi connectivity index (χ3v) is 12.1. The molecule has 8 atom stereocenters. The molecule has 0 aromatic heterocycles. The van der Waals surface area contributed by atoms with Gasteiger partial charge in [-0.1, -0.05) is 67.0 Å². The van der Waals surface area contributed by atoms with Gasteiger partial charge in [0.05, 0.1) is 6.67 Å². The summed E-state index contributed by atoms with van der Waals surface area (Å²) < 4.78 is 13.0. The Kier molecular flexibility index (Phi) is 7.82. The molecule has 0 N–H and O–H groups in total. The van der Waals surface area contributed by atoms with Gasteiger partial charge < -0.3 is 0 Å². The van der Waals surface area contributed by atoms with Crippen LogP contribution in [0.3, 0.4) is 0 Å². The van der Waals surface area contributed by atoms with Crippen LogP contribution in [0, 0.1) is 51.8 Å². The fourth-order valence-electron chi connectivity index (χ4n) is 10.5. The maximum atomic E-state index is 13.0. The lowest BCUT2D eigenvalue weighted by Crippen LogP contribution is -2.59. The fourth-order valence-corrected chi connectivity index (χ4v) is 10.5. The van der Waals surface area contributed by atoms with Gasteiger partial charge in [-0.05, 0) is 134 Å². The second kappa shape index (κ2) is 10.0. The summed E-state index contributed by atoms with van der Waals surface area (Å²) in [6, 6.07) is 0. The second-order valence-electron chi connectivity index (χ2n) is 14.1. The number of halogens is 1. The van der Waals surface area contributed by atoms with Gasteiger partial charge in [0.1, 0.15) is 0 Å². The van der Waals surface area contributed by atoms with Crippen molar-refractivity contribution < 1.29 is 4.39 Å². The monoisotopic (exact) mass is 470 g/mol. The topological polar surface area (TPSA) is 0 Å². The molecule has 0 spiro atoms. The van der Waals surface area contributed by atoms with Gasteiger partial charge in [-0.2, -0.15) is 0 Å². The molecular formula is C33H55F. The lowest BCUT2D eigenvalue weighted by atomic mass is 9.37. The molecule has 0 aromatic rings. The summed E-state index contributed by atoms with van der Waals surface area (Å²) in [6.07, 6.45) is 20.4. The van der Waals surface area contributed by atoms with Crippen molar-refractivity contribution in [3.05, 3.63) is 23.3 Å². The zero-order valence-electron chi connectivity index (χ0n) is 23.7. The minimum Gasteiger partial charge on any atom is -0.251 e. The van der Waals surface area contributed by atoms with E-state index in [0.29, 0.717) is 28.6 Å². The molecular weight excluding hydrogens is 415 g/mol. The van der Waals surface area contributed by atoms with Crippen LogP contribution in [0.2, 0.25) is 0 Å². The van der Waals surface area contributed by atoms with Gasteiger partial charge in [0.25, 0.3) is 0 Å². The van der Waals surface area contributed by atoms with Crippen LogP contribution >= 0.6 is 0 Å². The number of allylic oxidation sites excluding steroid dienone is 4. The summed E-state index contributed by atoms with van der Waals surface area (Å²) in [5.74, 6) is 5.10. The molecule has 0 bridgehead atoms. The van der Waals surface area contributed by atoms with E-state index in [9.17, 15) is 4.39 Å². The van der Waals surface area contributed by atoms with Crippen molar-refractivity contribution in [3.63, 3.8) is 0 Å². The number of hydrogen-bond acceptors (Lipinski definition) is 0. The fraction of sp³-hybridized carbons (Fsp3) is 0.879. The van der Waals surface area contributed by atoms with Crippen molar-refractivity contribution in [1.82, 2.24) is 0 Å². The Morgan fingerprint density at radius 1 is 1.00 bits per heavy atom. The summed E-state index contributed by atoms with van der Waals surface area (Å²) in [6.45, 7) is 17.5. The first-order valence-electron chi connectivity index (χ1n) is 15.1. The molecule has 0 aromatic carbocycles. The molecule has 3 saturated carbocycles. The standard InChI is InChI=1S/C33H55F/c1-8-11-24(13-10-22-34)25-16-20-32(6)27(23(25)3)18-21-33(7)29-17-19-31(4,5)28(12-9-2)26(29)14-15-30(32)33/h11,16,23,26-30H,8-10,12-15,17-22H2,1-7H3/b24-11+. The molecule has 0 radical (unpaired) electrons. The van der Waals surface area contributed by atoms with Gasteiger partial charge >= 0.3 is 0 Å². The van der Waals surface area contributed by atoms with E-state index in [1.54, 1.807) is 5.57 Å². The normalized spacial score (nSPS) is 44.0. The highest BCUT2D eigenvalue weighted by Gasteiger charge is 2.62. The molecule has 4 aliphatic carbocycles. The summed E-state index contributed by atoms with van der Waals surface area (Å²) in [7, 11) is 0. The summed E-state index contributed by atoms with van der Waals surface area (Å²) >= 11 is 0. The van der Waals surface area contributed by atoms with Crippen molar-refractivity contribution in [2.24, 2.45) is 51.8 Å². The first-order chi connectivity index (χ1) is 16.1. The van der Waals surface area contributed by atoms with Gasteiger partial charge in [-0.3, -0.25) is 4.39 Å². The Morgan fingerprint density at radius 2 is 1.74 bits per heavy atom. The van der Waals surface area contributed by atoms with E-state index >= 15 is 0 Å². The van der Waals surface area contributed by atoms with E-state index < -0.39 is 0 Å². The van der Waals surface area contributed by atoms with Crippen LogP contribution < -0.4 is 0 Å². The van der Waals surface area contributed by atoms with Crippen molar-refractivity contribution >= 4 is 0 Å². The Morgan fingerprint density at radius 3 is 2.41 bits per heavy atom. The number of fused-ring (bicyclic) bond motifs is 5. The Labute approximate surface area is 211 Å². The second-order valence-corrected chi connectivity index (χ2v) is 14.1. The molecule has 8 unspecified atom stereocenters. The molecule has 194 valence electrons. The zero-order chi connectivity index (χ0) is 24.7. The minimum absolute atomic E-state index is 0.192. The molecule has 3 fully saturated rings. The van der Waals surface area contributed by atoms with Crippen LogP contribution in [-0.4, -0.2) is 6.67 Å². The average molecular weight is 471 g/mol. The van der Waals surface area contributed by atoms with Gasteiger partial charge in [0.15, 0.2) is 0 Å². The Bertz CT molecular complexity index is 773. The van der Waals surface area contributed by atoms with Crippen molar-refractivity contribution in [3.8, 4) is 0 Å². The third kappa shape index (κ3) is 4.28. The number of hydrogen-bond donors (Lipinski definition) is 0. The first kappa shape index (κ1) is 26.5. The van der Waals surface area contributed by atoms with Crippen molar-refractivity contribution in [2.75, 3.05) is 6.67 Å². The van der Waals surface area contributed by atoms with Crippen molar-refractivity contribution in [1.29, 1.82) is 0 Å². The third-order valence-electron chi connectivity index (χ3n) is 12.1. The molecule has 4 rings (SSSR count). The van der Waals surface area contributed by atoms with Crippen LogP contribution in [0.4, 0.5) is 4.39 Å². The SMILES string of the molecule is CC/C=C(\CCCF)C1=CCC2(C)C(CCC3(C)C4CCC(C)(C)C(CCC)C4CCC23)C1C. The van der Waals surface area contributed by atoms with Gasteiger partial charge in [0, 0.05) is 0 Å². The molecule has 0 aliphatic heterocycles. The maximum absolute atomic E-state index is 13.0. The van der Waals surface area contributed by atoms with Crippen LogP contribution in [0.25, 0.3) is 0 Å². The molecule has 1 heteroatoms. The van der Waals surface area contributed by atoms with E-state index in [-0.39, 0.29) is 6.67 Å². The Balaban J connectivity index is 1.62. The van der Waals surface area contributed by atoms with Crippen LogP contribution in [-0.2, 0) is 0 Å². The summed E-state index contributed by atoms with van der Waals surface area (Å²) in [5, 5.41) is 0. The average Bonchev–Trinajstić information content (AvgIpc) is 2.78. The van der Waals surface area contributed by atoms with Crippen molar-refractivity contribution in [2.45, 2.75) is 126 Å². The van der Waals surface area contributed by atoms with E-state index in [2.05, 4.69) is 60.6 Å². The zero-order valence-corrected chi connectivity index (χ0v) is 23.7. The highest BCUT2D eigenvalue weighted by atomic mass is 19.1. The summed E-state index contributed by atoms with van der Waals surface area (Å²) in [5.41, 5.74) is 4.53. The van der Waals surface area contributed by atoms with Crippen LogP contribution in [0.15, 0.2) is 23.3 Å². The van der Waals surface area contributed by atoms with Crippen LogP contribution in [0.1, 0.15) is 126 Å². The van der Waals surface area contributed by atoms with Gasteiger partial charge in [0.2, 0.25) is 0 Å². The highest BCUT2D eigenvalue weighted by Crippen LogP contribution is 2.70. The van der Waals surface area contributed by atoms with Gasteiger partial charge in [-0.25, -0.2) is 0 Å². The molecule has 0 nitrogen and oxygen atoms in total. The van der Waals surface area contributed by atoms with E-state index in [4.69, 9.17) is 0 Å². The van der Waals surface area contributed by atoms with E-state index in [1.165, 1.54) is 63.4 Å². The smallest absolute Gasteiger partial charge is 0.0897 e. The van der Waals surface area contributed by atoms with Crippen LogP contribution in [0.5, 0.6) is 0 Å². The lowest BCUT2D eigenvalue weighted by Gasteiger charge is -2.67. The highest BCUT2D eigenvalue weighted by molar-refractivity contribution is 5.36. The summed E-state index contributed by atoms with van der Waals surface area (Å²) in [4.78, 5) is 0. The minimum atomic E-state index is -0.192. The predicted octanol–water partition coefficient (Wildman–Crippen LogP) is 10.3. The molecule has 4 aliphatic rings. The maximum Gasteiger partial charge on any atom is 0.0897 e. The van der Waals surface area contributed by atoms with Gasteiger partial charge in [-0.15, -0.1) is 0 Å². The van der Waals surface area contributed by atoms with E-state index in [1.807, 2.05) is 0 Å². The molecule has 0 amide bonds. The first-order valence-corrected chi connectivity index (χ1v) is 15.1. The number of alkyl halides is 1. The predicted molar refractivity (Wildman–Crippen MR) is 146 cm³/mol. The molecule has 34 heavy (non-hydrogen) atoms. The Hall–Kier alpha value is -0.590. The number of rotatable bonds is 7. The quantitative estimate of drug-likeness (QED) is 0.347. The molecule has 0 saturated heterocycles. The largest absolute Gasteiger partial charge is 0.251 e. The lowest BCUT2D eigenvalue weighted by molar-refractivity contribution is -0.173. The molecule has 0 heterocycles.